The maximum absolute atomic E-state index is 11.7. The molecule has 0 saturated carbocycles. The second kappa shape index (κ2) is 6.61. The van der Waals surface area contributed by atoms with Gasteiger partial charge in [0.1, 0.15) is 0 Å². The van der Waals surface area contributed by atoms with Gasteiger partial charge in [-0.25, -0.2) is 0 Å². The fraction of sp³-hybridized carbons (Fsp3) is 0. The lowest BCUT2D eigenvalue weighted by Gasteiger charge is -1.94. The predicted octanol–water partition coefficient (Wildman–Crippen LogP) is 3.20. The fourth-order valence-electron chi connectivity index (χ4n) is 1.43. The molecule has 0 aliphatic carbocycles. The Labute approximate surface area is 106 Å². The number of ketones is 1. The summed E-state index contributed by atoms with van der Waals surface area (Å²) in [6, 6.07) is 19.1. The third kappa shape index (κ3) is 3.85. The van der Waals surface area contributed by atoms with E-state index in [4.69, 9.17) is 0 Å². The molecule has 2 rings (SSSR count). The van der Waals surface area contributed by atoms with Crippen molar-refractivity contribution in [2.45, 2.75) is 0 Å². The molecule has 2 aromatic carbocycles. The van der Waals surface area contributed by atoms with E-state index in [2.05, 4.69) is 0 Å². The topological polar surface area (TPSA) is 17.1 Å². The van der Waals surface area contributed by atoms with Gasteiger partial charge in [0.05, 0.1) is 0 Å². The first-order valence-electron chi connectivity index (χ1n) is 5.19. The summed E-state index contributed by atoms with van der Waals surface area (Å²) in [5.74, 6) is 0.0319. The van der Waals surface area contributed by atoms with Gasteiger partial charge < -0.3 is 0 Å². The Hall–Kier alpha value is -1.93. The molecule has 0 N–H and O–H groups in total. The molecule has 0 heterocycles. The first-order valence-corrected chi connectivity index (χ1v) is 5.19. The highest BCUT2D eigenvalue weighted by molar-refractivity contribution is 6.06. The Morgan fingerprint density at radius 2 is 1.35 bits per heavy atom. The van der Waals surface area contributed by atoms with Gasteiger partial charge in [-0.15, -0.1) is 0 Å². The van der Waals surface area contributed by atoms with Crippen LogP contribution >= 0.6 is 0 Å². The molecule has 0 aromatic heterocycles. The zero-order valence-electron chi connectivity index (χ0n) is 9.34. The molecular weight excluding hydrogens is 224 g/mol. The summed E-state index contributed by atoms with van der Waals surface area (Å²) in [7, 11) is 0. The smallest absolute Gasteiger partial charge is 0.185 e. The monoisotopic (exact) mass is 236 g/mol. The first-order chi connectivity index (χ1) is 7.86. The van der Waals surface area contributed by atoms with Crippen molar-refractivity contribution in [1.29, 1.82) is 0 Å². The number of benzene rings is 2. The minimum absolute atomic E-state index is 0. The molecular formula is C15H12OSi. The van der Waals surface area contributed by atoms with Crippen molar-refractivity contribution in [2.75, 3.05) is 0 Å². The predicted molar refractivity (Wildman–Crippen MR) is 72.0 cm³/mol. The van der Waals surface area contributed by atoms with Crippen LogP contribution in [0.4, 0.5) is 0 Å². The van der Waals surface area contributed by atoms with Gasteiger partial charge in [-0.1, -0.05) is 66.7 Å². The highest BCUT2D eigenvalue weighted by Gasteiger charge is 1.98. The molecule has 0 fully saturated rings. The van der Waals surface area contributed by atoms with Crippen LogP contribution < -0.4 is 0 Å². The van der Waals surface area contributed by atoms with Crippen LogP contribution in [0.5, 0.6) is 0 Å². The summed E-state index contributed by atoms with van der Waals surface area (Å²) in [5.41, 5.74) is 1.75. The van der Waals surface area contributed by atoms with Crippen LogP contribution in [0, 0.1) is 0 Å². The maximum Gasteiger partial charge on any atom is 0.185 e. The third-order valence-corrected chi connectivity index (χ3v) is 2.29. The van der Waals surface area contributed by atoms with Crippen molar-refractivity contribution in [1.82, 2.24) is 0 Å². The quantitative estimate of drug-likeness (QED) is 0.454. The summed E-state index contributed by atoms with van der Waals surface area (Å²) in [6.07, 6.45) is 3.43. The fourth-order valence-corrected chi connectivity index (χ4v) is 1.43. The van der Waals surface area contributed by atoms with Gasteiger partial charge in [-0.3, -0.25) is 4.79 Å². The van der Waals surface area contributed by atoms with Crippen LogP contribution in [-0.4, -0.2) is 16.7 Å². The van der Waals surface area contributed by atoms with Crippen molar-refractivity contribution in [3.8, 4) is 0 Å². The standard InChI is InChI=1S/C15H12O.Si/c16-15(14-9-5-2-6-10-14)12-11-13-7-3-1-4-8-13;/h1-12H;/b12-11+;. The number of hydrogen-bond acceptors (Lipinski definition) is 1. The lowest BCUT2D eigenvalue weighted by atomic mass is 10.1. The Kier molecular flexibility index (Phi) is 5.10. The Bertz CT molecular complexity index is 489. The summed E-state index contributed by atoms with van der Waals surface area (Å²) in [6.45, 7) is 0. The molecule has 0 unspecified atom stereocenters. The molecule has 0 aliphatic heterocycles. The highest BCUT2D eigenvalue weighted by atomic mass is 28.1. The normalized spacial score (nSPS) is 9.88. The molecule has 0 aliphatic rings. The van der Waals surface area contributed by atoms with Gasteiger partial charge >= 0.3 is 0 Å². The average Bonchev–Trinajstić information content (AvgIpc) is 2.38. The molecule has 0 bridgehead atoms. The Morgan fingerprint density at radius 3 is 1.94 bits per heavy atom. The van der Waals surface area contributed by atoms with E-state index in [9.17, 15) is 4.79 Å². The number of allylic oxidation sites excluding steroid dienone is 1. The van der Waals surface area contributed by atoms with Crippen molar-refractivity contribution < 1.29 is 4.79 Å². The van der Waals surface area contributed by atoms with Crippen LogP contribution in [0.2, 0.25) is 0 Å². The van der Waals surface area contributed by atoms with E-state index in [1.807, 2.05) is 66.7 Å². The number of carbonyl (C=O) groups excluding carboxylic acids is 1. The molecule has 17 heavy (non-hydrogen) atoms. The lowest BCUT2D eigenvalue weighted by Crippen LogP contribution is -1.92. The minimum Gasteiger partial charge on any atom is -0.289 e. The summed E-state index contributed by atoms with van der Waals surface area (Å²) in [4.78, 5) is 11.7. The van der Waals surface area contributed by atoms with Crippen LogP contribution in [0.15, 0.2) is 66.7 Å². The van der Waals surface area contributed by atoms with E-state index in [0.29, 0.717) is 0 Å². The lowest BCUT2D eigenvalue weighted by molar-refractivity contribution is 0.104. The molecule has 0 atom stereocenters. The van der Waals surface area contributed by atoms with E-state index in [0.717, 1.165) is 11.1 Å². The van der Waals surface area contributed by atoms with Gasteiger partial charge in [0.25, 0.3) is 0 Å². The number of hydrogen-bond donors (Lipinski definition) is 0. The highest BCUT2D eigenvalue weighted by Crippen LogP contribution is 2.05. The molecule has 2 heteroatoms. The van der Waals surface area contributed by atoms with E-state index >= 15 is 0 Å². The molecule has 2 aromatic rings. The third-order valence-electron chi connectivity index (χ3n) is 2.29. The molecule has 4 radical (unpaired) electrons. The Morgan fingerprint density at radius 1 is 0.824 bits per heavy atom. The molecule has 1 nitrogen and oxygen atoms in total. The largest absolute Gasteiger partial charge is 0.289 e. The molecule has 82 valence electrons. The Balaban J connectivity index is 0.00000144. The van der Waals surface area contributed by atoms with Gasteiger partial charge in [0.2, 0.25) is 0 Å². The van der Waals surface area contributed by atoms with Crippen molar-refractivity contribution in [2.24, 2.45) is 0 Å². The van der Waals surface area contributed by atoms with Crippen LogP contribution in [-0.2, 0) is 0 Å². The molecule has 0 saturated heterocycles. The first kappa shape index (κ1) is 13.1. The minimum atomic E-state index is 0. The van der Waals surface area contributed by atoms with Gasteiger partial charge in [-0.2, -0.15) is 0 Å². The molecule has 0 amide bonds. The van der Waals surface area contributed by atoms with Crippen molar-refractivity contribution in [3.05, 3.63) is 77.9 Å². The second-order valence-electron chi connectivity index (χ2n) is 3.47. The maximum atomic E-state index is 11.7. The van der Waals surface area contributed by atoms with Crippen LogP contribution in [0.25, 0.3) is 6.08 Å². The zero-order chi connectivity index (χ0) is 11.2. The van der Waals surface area contributed by atoms with Crippen LogP contribution in [0.1, 0.15) is 15.9 Å². The van der Waals surface area contributed by atoms with E-state index in [1.54, 1.807) is 6.08 Å². The second-order valence-corrected chi connectivity index (χ2v) is 3.47. The SMILES string of the molecule is O=C(/C=C/c1ccccc1)c1ccccc1.[Si]. The van der Waals surface area contributed by atoms with Crippen molar-refractivity contribution >= 4 is 22.8 Å². The van der Waals surface area contributed by atoms with Gasteiger partial charge in [-0.05, 0) is 11.6 Å². The number of rotatable bonds is 3. The van der Waals surface area contributed by atoms with Gasteiger partial charge in [0, 0.05) is 16.5 Å². The summed E-state index contributed by atoms with van der Waals surface area (Å²) < 4.78 is 0. The zero-order valence-corrected chi connectivity index (χ0v) is 10.3. The van der Waals surface area contributed by atoms with E-state index in [1.165, 1.54) is 0 Å². The van der Waals surface area contributed by atoms with Crippen LogP contribution in [0.3, 0.4) is 0 Å². The van der Waals surface area contributed by atoms with E-state index in [-0.39, 0.29) is 16.7 Å². The molecule has 0 spiro atoms. The van der Waals surface area contributed by atoms with Crippen molar-refractivity contribution in [3.63, 3.8) is 0 Å². The number of carbonyl (C=O) groups is 1. The average molecular weight is 236 g/mol. The van der Waals surface area contributed by atoms with E-state index < -0.39 is 0 Å². The summed E-state index contributed by atoms with van der Waals surface area (Å²) in [5, 5.41) is 0. The summed E-state index contributed by atoms with van der Waals surface area (Å²) >= 11 is 0. The van der Waals surface area contributed by atoms with Gasteiger partial charge in [0.15, 0.2) is 5.78 Å².